The summed E-state index contributed by atoms with van der Waals surface area (Å²) in [5.41, 5.74) is 0. The predicted octanol–water partition coefficient (Wildman–Crippen LogP) is -5.34. The van der Waals surface area contributed by atoms with Gasteiger partial charge in [-0.2, -0.15) is 0 Å². The van der Waals surface area contributed by atoms with Crippen LogP contribution in [0.15, 0.2) is 46.2 Å². The fraction of sp³-hybridized carbons (Fsp3) is 0. The monoisotopic (exact) mass is 364 g/mol. The molecule has 2 rings (SSSR count). The minimum Gasteiger partial charge on any atom is -0.744 e. The quantitative estimate of drug-likeness (QED) is 0.388. The molecule has 0 aliphatic carbocycles. The number of hydrogen-bond donors (Lipinski definition) is 0. The van der Waals surface area contributed by atoms with E-state index in [2.05, 4.69) is 0 Å². The molecule has 0 amide bonds. The summed E-state index contributed by atoms with van der Waals surface area (Å²) in [6, 6.07) is 7.04. The van der Waals surface area contributed by atoms with Crippen LogP contribution in [0.2, 0.25) is 0 Å². The first-order chi connectivity index (χ1) is 8.18. The van der Waals surface area contributed by atoms with Crippen molar-refractivity contribution in [1.29, 1.82) is 0 Å². The second-order valence-corrected chi connectivity index (χ2v) is 6.34. The van der Waals surface area contributed by atoms with Gasteiger partial charge in [-0.25, -0.2) is 16.8 Å². The average molecular weight is 364 g/mol. The van der Waals surface area contributed by atoms with Gasteiger partial charge in [-0.15, -0.1) is 0 Å². The first kappa shape index (κ1) is 21.8. The molecule has 2 aromatic rings. The Kier molecular flexibility index (Phi) is 8.78. The zero-order chi connectivity index (χ0) is 13.6. The third-order valence-corrected chi connectivity index (χ3v) is 4.02. The van der Waals surface area contributed by atoms with E-state index >= 15 is 0 Å². The van der Waals surface area contributed by atoms with E-state index in [0.717, 1.165) is 24.3 Å². The molecule has 6 nitrogen and oxygen atoms in total. The van der Waals surface area contributed by atoms with Gasteiger partial charge in [0, 0.05) is 0 Å². The predicted molar refractivity (Wildman–Crippen MR) is 59.9 cm³/mol. The Bertz CT molecular complexity index is 763. The molecule has 0 fully saturated rings. The molecule has 0 aromatic heterocycles. The molecule has 0 N–H and O–H groups in total. The standard InChI is InChI=1S/C10H8O6S2.2K/c11-17(12,13)9-3-1-7-2-4-10(18(14,15)16)6-8(7)5-9;;/h1-6H,(H,11,12,13)(H,14,15,16);;/q;2*+1/p-2. The van der Waals surface area contributed by atoms with Gasteiger partial charge in [0.2, 0.25) is 0 Å². The SMILES string of the molecule is O=S(=O)([O-])c1ccc2ccc(S(=O)(=O)[O-])cc2c1.[K+].[K+]. The third kappa shape index (κ3) is 5.46. The van der Waals surface area contributed by atoms with E-state index in [0.29, 0.717) is 5.39 Å². The summed E-state index contributed by atoms with van der Waals surface area (Å²) in [6.45, 7) is 0. The molecule has 96 valence electrons. The van der Waals surface area contributed by atoms with E-state index in [1.807, 2.05) is 0 Å². The van der Waals surface area contributed by atoms with Gasteiger partial charge in [0.05, 0.1) is 9.79 Å². The number of rotatable bonds is 2. The van der Waals surface area contributed by atoms with Crippen molar-refractivity contribution < 1.29 is 129 Å². The van der Waals surface area contributed by atoms with E-state index in [9.17, 15) is 25.9 Å². The molecule has 0 atom stereocenters. The molecule has 0 saturated carbocycles. The Morgan fingerprint density at radius 1 is 0.650 bits per heavy atom. The van der Waals surface area contributed by atoms with Crippen LogP contribution in [-0.4, -0.2) is 25.9 Å². The van der Waals surface area contributed by atoms with Crippen molar-refractivity contribution in [2.75, 3.05) is 0 Å². The van der Waals surface area contributed by atoms with E-state index < -0.39 is 30.0 Å². The largest absolute Gasteiger partial charge is 1.00 e. The van der Waals surface area contributed by atoms with Crippen LogP contribution in [0.1, 0.15) is 0 Å². The summed E-state index contributed by atoms with van der Waals surface area (Å²) in [7, 11) is -9.24. The molecular weight excluding hydrogens is 358 g/mol. The van der Waals surface area contributed by atoms with Gasteiger partial charge in [0.15, 0.2) is 0 Å². The Hall–Kier alpha value is 1.79. The van der Waals surface area contributed by atoms with Crippen LogP contribution in [0.5, 0.6) is 0 Å². The average Bonchev–Trinajstić information content (AvgIpc) is 2.25. The molecule has 10 heteroatoms. The molecule has 2 aromatic carbocycles. The Balaban J connectivity index is 0.00000180. The zero-order valence-corrected chi connectivity index (χ0v) is 18.6. The van der Waals surface area contributed by atoms with Gasteiger partial charge in [-0.3, -0.25) is 0 Å². The van der Waals surface area contributed by atoms with Crippen molar-refractivity contribution in [1.82, 2.24) is 0 Å². The van der Waals surface area contributed by atoms with Crippen molar-refractivity contribution in [3.63, 3.8) is 0 Å². The maximum Gasteiger partial charge on any atom is 1.00 e. The van der Waals surface area contributed by atoms with Crippen LogP contribution < -0.4 is 103 Å². The zero-order valence-electron chi connectivity index (χ0n) is 10.7. The molecule has 0 aliphatic rings. The van der Waals surface area contributed by atoms with Crippen molar-refractivity contribution in [3.05, 3.63) is 36.4 Å². The number of benzene rings is 2. The maximum atomic E-state index is 10.8. The molecule has 20 heavy (non-hydrogen) atoms. The van der Waals surface area contributed by atoms with Crippen LogP contribution in [0.4, 0.5) is 0 Å². The van der Waals surface area contributed by atoms with Gasteiger partial charge in [-0.1, -0.05) is 12.1 Å². The molecule has 0 spiro atoms. The van der Waals surface area contributed by atoms with E-state index in [4.69, 9.17) is 0 Å². The molecule has 0 aliphatic heterocycles. The third-order valence-electron chi connectivity index (χ3n) is 2.36. The Morgan fingerprint density at radius 3 is 1.30 bits per heavy atom. The second kappa shape index (κ2) is 8.06. The van der Waals surface area contributed by atoms with Crippen molar-refractivity contribution in [2.45, 2.75) is 9.79 Å². The van der Waals surface area contributed by atoms with E-state index in [-0.39, 0.29) is 108 Å². The number of fused-ring (bicyclic) bond motifs is 1. The summed E-state index contributed by atoms with van der Waals surface area (Å²) in [5.74, 6) is 0. The van der Waals surface area contributed by atoms with E-state index in [1.54, 1.807) is 0 Å². The molecule has 0 saturated heterocycles. The van der Waals surface area contributed by atoms with Crippen molar-refractivity contribution in [3.8, 4) is 0 Å². The molecule has 0 bridgehead atoms. The van der Waals surface area contributed by atoms with Crippen molar-refractivity contribution >= 4 is 31.0 Å². The summed E-state index contributed by atoms with van der Waals surface area (Å²) in [6.07, 6.45) is 0. The van der Waals surface area contributed by atoms with Crippen LogP contribution in [0.3, 0.4) is 0 Å². The fourth-order valence-electron chi connectivity index (χ4n) is 1.51. The van der Waals surface area contributed by atoms with Gasteiger partial charge in [-0.05, 0) is 35.0 Å². The minimum absolute atomic E-state index is 0. The summed E-state index contributed by atoms with van der Waals surface area (Å²) in [4.78, 5) is -0.953. The number of hydrogen-bond acceptors (Lipinski definition) is 6. The topological polar surface area (TPSA) is 114 Å². The molecular formula is C10H6K2O6S2. The Labute approximate surface area is 201 Å². The molecule has 0 heterocycles. The summed E-state index contributed by atoms with van der Waals surface area (Å²) < 4.78 is 64.9. The van der Waals surface area contributed by atoms with E-state index in [1.165, 1.54) is 12.1 Å². The van der Waals surface area contributed by atoms with Gasteiger partial charge < -0.3 is 9.11 Å². The van der Waals surface area contributed by atoms with Crippen LogP contribution in [-0.2, 0) is 20.2 Å². The molecule has 0 radical (unpaired) electrons. The van der Waals surface area contributed by atoms with Crippen LogP contribution in [0, 0.1) is 0 Å². The second-order valence-electron chi connectivity index (χ2n) is 3.58. The van der Waals surface area contributed by atoms with Gasteiger partial charge in [0.1, 0.15) is 20.2 Å². The Morgan fingerprint density at radius 2 is 1.00 bits per heavy atom. The molecule has 0 unspecified atom stereocenters. The first-order valence-electron chi connectivity index (χ1n) is 4.63. The smallest absolute Gasteiger partial charge is 0.744 e. The van der Waals surface area contributed by atoms with Crippen LogP contribution >= 0.6 is 0 Å². The maximum absolute atomic E-state index is 10.8. The first-order valence-corrected chi connectivity index (χ1v) is 7.45. The van der Waals surface area contributed by atoms with Gasteiger partial charge in [0.25, 0.3) is 0 Å². The summed E-state index contributed by atoms with van der Waals surface area (Å²) in [5, 5.41) is 0.721. The van der Waals surface area contributed by atoms with Gasteiger partial charge >= 0.3 is 103 Å². The fourth-order valence-corrected chi connectivity index (χ4v) is 2.53. The van der Waals surface area contributed by atoms with Crippen LogP contribution in [0.25, 0.3) is 10.8 Å². The minimum atomic E-state index is -4.62. The van der Waals surface area contributed by atoms with Crippen molar-refractivity contribution in [2.24, 2.45) is 0 Å². The normalized spacial score (nSPS) is 11.5. The summed E-state index contributed by atoms with van der Waals surface area (Å²) >= 11 is 0.